The first-order valence-electron chi connectivity index (χ1n) is 8.23. The van der Waals surface area contributed by atoms with Gasteiger partial charge in [-0.3, -0.25) is 4.79 Å². The molecule has 5 nitrogen and oxygen atoms in total. The minimum Gasteiger partial charge on any atom is -0.372 e. The van der Waals surface area contributed by atoms with E-state index in [1.807, 2.05) is 13.8 Å². The second-order valence-electron chi connectivity index (χ2n) is 6.48. The van der Waals surface area contributed by atoms with Crippen LogP contribution in [0.4, 0.5) is 0 Å². The Morgan fingerprint density at radius 1 is 1.19 bits per heavy atom. The van der Waals surface area contributed by atoms with Crippen molar-refractivity contribution in [1.82, 2.24) is 4.90 Å². The lowest BCUT2D eigenvalue weighted by Gasteiger charge is -2.35. The molecule has 1 aromatic carbocycles. The highest BCUT2D eigenvalue weighted by molar-refractivity contribution is 7.91. The Hall–Kier alpha value is -1.41. The summed E-state index contributed by atoms with van der Waals surface area (Å²) in [6, 6.07) is 6.03. The quantitative estimate of drug-likeness (QED) is 0.767. The van der Waals surface area contributed by atoms with Crippen molar-refractivity contribution in [3.05, 3.63) is 45.1 Å². The highest BCUT2D eigenvalue weighted by atomic mass is 35.5. The summed E-state index contributed by atoms with van der Waals surface area (Å²) in [5.74, 6) is -0.146. The predicted molar refractivity (Wildman–Crippen MR) is 102 cm³/mol. The van der Waals surface area contributed by atoms with Crippen molar-refractivity contribution in [3.63, 3.8) is 0 Å². The van der Waals surface area contributed by atoms with Gasteiger partial charge in [-0.05, 0) is 50.6 Å². The van der Waals surface area contributed by atoms with Gasteiger partial charge in [-0.2, -0.15) is 0 Å². The first-order valence-corrected chi connectivity index (χ1v) is 11.0. The monoisotopic (exact) mass is 413 g/mol. The summed E-state index contributed by atoms with van der Waals surface area (Å²) in [4.78, 5) is 15.4. The van der Waals surface area contributed by atoms with Crippen LogP contribution >= 0.6 is 22.9 Å². The maximum atomic E-state index is 12.9. The van der Waals surface area contributed by atoms with Crippen LogP contribution in [-0.2, 0) is 14.6 Å². The molecule has 8 heteroatoms. The normalized spacial score (nSPS) is 21.0. The molecule has 26 heavy (non-hydrogen) atoms. The van der Waals surface area contributed by atoms with Gasteiger partial charge in [-0.25, -0.2) is 8.42 Å². The molecule has 2 aromatic rings. The SMILES string of the molecule is Cc1c(S(=O)(=O)c2ccc(Cl)cc2)csc1C(=O)N1C[C@H](C)O[C@@H](C)C1. The van der Waals surface area contributed by atoms with Gasteiger partial charge in [0.05, 0.1) is 26.9 Å². The van der Waals surface area contributed by atoms with E-state index < -0.39 is 9.84 Å². The van der Waals surface area contributed by atoms with Crippen LogP contribution < -0.4 is 0 Å². The van der Waals surface area contributed by atoms with Crippen molar-refractivity contribution < 1.29 is 17.9 Å². The maximum absolute atomic E-state index is 12.9. The van der Waals surface area contributed by atoms with Crippen LogP contribution in [0.1, 0.15) is 29.1 Å². The number of rotatable bonds is 3. The molecule has 3 rings (SSSR count). The van der Waals surface area contributed by atoms with E-state index in [0.29, 0.717) is 28.6 Å². The van der Waals surface area contributed by atoms with Gasteiger partial charge in [-0.1, -0.05) is 11.6 Å². The zero-order chi connectivity index (χ0) is 19.1. The van der Waals surface area contributed by atoms with Crippen molar-refractivity contribution in [2.75, 3.05) is 13.1 Å². The number of halogens is 1. The van der Waals surface area contributed by atoms with E-state index in [4.69, 9.17) is 16.3 Å². The molecule has 1 amide bonds. The molecule has 0 unspecified atom stereocenters. The number of nitrogens with zero attached hydrogens (tertiary/aromatic N) is 1. The summed E-state index contributed by atoms with van der Waals surface area (Å²) < 4.78 is 31.5. The summed E-state index contributed by atoms with van der Waals surface area (Å²) in [7, 11) is -3.70. The zero-order valence-electron chi connectivity index (χ0n) is 14.7. The van der Waals surface area contributed by atoms with Crippen LogP contribution in [0, 0.1) is 6.92 Å². The minimum absolute atomic E-state index is 0.0414. The minimum atomic E-state index is -3.70. The Morgan fingerprint density at radius 2 is 1.77 bits per heavy atom. The molecule has 0 aliphatic carbocycles. The van der Waals surface area contributed by atoms with Crippen molar-refractivity contribution in [3.8, 4) is 0 Å². The van der Waals surface area contributed by atoms with Gasteiger partial charge in [0.25, 0.3) is 5.91 Å². The molecule has 1 aromatic heterocycles. The third-order valence-electron chi connectivity index (χ3n) is 4.31. The second kappa shape index (κ2) is 7.31. The molecular formula is C18H20ClNO4S2. The average molecular weight is 414 g/mol. The van der Waals surface area contributed by atoms with Gasteiger partial charge >= 0.3 is 0 Å². The first-order chi connectivity index (χ1) is 12.2. The fourth-order valence-electron chi connectivity index (χ4n) is 3.10. The van der Waals surface area contributed by atoms with Crippen molar-refractivity contribution in [2.24, 2.45) is 0 Å². The number of carbonyl (C=O) groups is 1. The van der Waals surface area contributed by atoms with Crippen LogP contribution in [0.5, 0.6) is 0 Å². The Kier molecular flexibility index (Phi) is 5.44. The molecule has 1 aliphatic rings. The number of hydrogen-bond acceptors (Lipinski definition) is 5. The van der Waals surface area contributed by atoms with Crippen molar-refractivity contribution in [2.45, 2.75) is 42.8 Å². The lowest BCUT2D eigenvalue weighted by atomic mass is 10.2. The highest BCUT2D eigenvalue weighted by Crippen LogP contribution is 2.32. The summed E-state index contributed by atoms with van der Waals surface area (Å²) in [5, 5.41) is 2.01. The van der Waals surface area contributed by atoms with E-state index in [1.54, 1.807) is 29.3 Å². The third-order valence-corrected chi connectivity index (χ3v) is 7.68. The van der Waals surface area contributed by atoms with Gasteiger partial charge in [-0.15, -0.1) is 11.3 Å². The number of benzene rings is 1. The average Bonchev–Trinajstić information content (AvgIpc) is 2.96. The second-order valence-corrected chi connectivity index (χ2v) is 9.71. The van der Waals surface area contributed by atoms with Crippen LogP contribution in [0.15, 0.2) is 39.4 Å². The molecule has 0 N–H and O–H groups in total. The Morgan fingerprint density at radius 3 is 2.35 bits per heavy atom. The summed E-state index contributed by atoms with van der Waals surface area (Å²) in [6.07, 6.45) is -0.0829. The van der Waals surface area contributed by atoms with Gasteiger partial charge in [0, 0.05) is 23.5 Å². The largest absolute Gasteiger partial charge is 0.372 e. The number of amides is 1. The molecule has 1 fully saturated rings. The number of hydrogen-bond donors (Lipinski definition) is 0. The van der Waals surface area contributed by atoms with E-state index in [-0.39, 0.29) is 27.9 Å². The van der Waals surface area contributed by atoms with Gasteiger partial charge in [0.1, 0.15) is 0 Å². The molecule has 0 saturated carbocycles. The van der Waals surface area contributed by atoms with Crippen LogP contribution in [-0.4, -0.2) is 44.5 Å². The van der Waals surface area contributed by atoms with Crippen LogP contribution in [0.2, 0.25) is 5.02 Å². The van der Waals surface area contributed by atoms with E-state index in [1.165, 1.54) is 23.5 Å². The number of carbonyl (C=O) groups excluding carboxylic acids is 1. The fourth-order valence-corrected chi connectivity index (χ4v) is 6.12. The fraction of sp³-hybridized carbons (Fsp3) is 0.389. The Labute approximate surface area is 162 Å². The first kappa shape index (κ1) is 19.4. The summed E-state index contributed by atoms with van der Waals surface area (Å²) in [5.41, 5.74) is 0.488. The molecule has 140 valence electrons. The van der Waals surface area contributed by atoms with Gasteiger partial charge < -0.3 is 9.64 Å². The molecular weight excluding hydrogens is 394 g/mol. The smallest absolute Gasteiger partial charge is 0.264 e. The zero-order valence-corrected chi connectivity index (χ0v) is 17.1. The lowest BCUT2D eigenvalue weighted by Crippen LogP contribution is -2.48. The number of morpholine rings is 1. The van der Waals surface area contributed by atoms with Crippen LogP contribution in [0.25, 0.3) is 0 Å². The van der Waals surface area contributed by atoms with E-state index in [0.717, 1.165) is 0 Å². The topological polar surface area (TPSA) is 63.7 Å². The maximum Gasteiger partial charge on any atom is 0.264 e. The van der Waals surface area contributed by atoms with Crippen LogP contribution in [0.3, 0.4) is 0 Å². The molecule has 1 aliphatic heterocycles. The number of sulfone groups is 1. The molecule has 0 radical (unpaired) electrons. The van der Waals surface area contributed by atoms with Gasteiger partial charge in [0.15, 0.2) is 0 Å². The summed E-state index contributed by atoms with van der Waals surface area (Å²) in [6.45, 7) is 6.53. The molecule has 2 heterocycles. The Balaban J connectivity index is 1.92. The van der Waals surface area contributed by atoms with Gasteiger partial charge in [0.2, 0.25) is 9.84 Å². The van der Waals surface area contributed by atoms with Crippen molar-refractivity contribution in [1.29, 1.82) is 0 Å². The third kappa shape index (κ3) is 3.67. The molecule has 1 saturated heterocycles. The summed E-state index contributed by atoms with van der Waals surface area (Å²) >= 11 is 7.01. The number of thiophene rings is 1. The molecule has 0 spiro atoms. The standard InChI is InChI=1S/C18H20ClNO4S2/c1-11-8-20(9-12(2)24-11)18(21)17-13(3)16(10-25-17)26(22,23)15-6-4-14(19)5-7-15/h4-7,10-12H,8-9H2,1-3H3/t11-,12-/m0/s1. The van der Waals surface area contributed by atoms with Crippen molar-refractivity contribution >= 4 is 38.7 Å². The molecule has 2 atom stereocenters. The number of ether oxygens (including phenoxy) is 1. The van der Waals surface area contributed by atoms with E-state index >= 15 is 0 Å². The van der Waals surface area contributed by atoms with E-state index in [9.17, 15) is 13.2 Å². The predicted octanol–water partition coefficient (Wildman–Crippen LogP) is 3.79. The van der Waals surface area contributed by atoms with E-state index in [2.05, 4.69) is 0 Å². The molecule has 0 bridgehead atoms. The lowest BCUT2D eigenvalue weighted by molar-refractivity contribution is -0.0585. The Bertz CT molecular complexity index is 911. The highest BCUT2D eigenvalue weighted by Gasteiger charge is 2.31.